The van der Waals surface area contributed by atoms with Crippen LogP contribution in [0.2, 0.25) is 5.02 Å². The summed E-state index contributed by atoms with van der Waals surface area (Å²) in [6.07, 6.45) is -1.10. The molecule has 0 saturated heterocycles. The van der Waals surface area contributed by atoms with Gasteiger partial charge < -0.3 is 10.1 Å². The number of sulfonamides is 1. The molecule has 0 saturated carbocycles. The van der Waals surface area contributed by atoms with Crippen LogP contribution >= 0.6 is 11.6 Å². The van der Waals surface area contributed by atoms with E-state index >= 15 is 0 Å². The lowest BCUT2D eigenvalue weighted by Crippen LogP contribution is -2.48. The van der Waals surface area contributed by atoms with Crippen molar-refractivity contribution in [2.75, 3.05) is 16.2 Å². The fraction of sp³-hybridized carbons (Fsp3) is 0.0952. The lowest BCUT2D eigenvalue weighted by atomic mass is 10.2. The zero-order chi connectivity index (χ0) is 21.3. The van der Waals surface area contributed by atoms with Crippen LogP contribution in [-0.2, 0) is 14.8 Å². The van der Waals surface area contributed by atoms with Gasteiger partial charge in [-0.05, 0) is 60.7 Å². The minimum absolute atomic E-state index is 0.0429. The summed E-state index contributed by atoms with van der Waals surface area (Å²) >= 11 is 5.88. The number of para-hydroxylation sites is 2. The van der Waals surface area contributed by atoms with Gasteiger partial charge in [0.25, 0.3) is 15.9 Å². The van der Waals surface area contributed by atoms with E-state index in [2.05, 4.69) is 5.32 Å². The number of halogens is 2. The number of ether oxygens (including phenoxy) is 1. The molecule has 1 N–H and O–H groups in total. The van der Waals surface area contributed by atoms with Gasteiger partial charge in [-0.15, -0.1) is 0 Å². The standard InChI is InChI=1S/C21H16ClFN2O4S/c22-14-5-11-17(12-6-14)30(27,28)25-13-20(29-19-4-2-1-3-18(19)25)21(26)24-16-9-7-15(23)8-10-16/h1-12,20H,13H2,(H,24,26). The average Bonchev–Trinajstić information content (AvgIpc) is 2.74. The van der Waals surface area contributed by atoms with Crippen molar-refractivity contribution in [2.24, 2.45) is 0 Å². The summed E-state index contributed by atoms with van der Waals surface area (Å²) in [5.41, 5.74) is 0.703. The van der Waals surface area contributed by atoms with E-state index < -0.39 is 27.9 Å². The lowest BCUT2D eigenvalue weighted by molar-refractivity contribution is -0.122. The third kappa shape index (κ3) is 3.96. The third-order valence-corrected chi connectivity index (χ3v) is 6.59. The molecule has 1 unspecified atom stereocenters. The van der Waals surface area contributed by atoms with E-state index in [0.717, 1.165) is 4.31 Å². The van der Waals surface area contributed by atoms with Crippen molar-refractivity contribution in [3.63, 3.8) is 0 Å². The van der Waals surface area contributed by atoms with E-state index in [1.807, 2.05) is 0 Å². The summed E-state index contributed by atoms with van der Waals surface area (Å²) in [5.74, 6) is -0.718. The van der Waals surface area contributed by atoms with Crippen molar-refractivity contribution in [3.8, 4) is 5.75 Å². The molecule has 9 heteroatoms. The minimum Gasteiger partial charge on any atom is -0.476 e. The van der Waals surface area contributed by atoms with Crippen molar-refractivity contribution in [3.05, 3.63) is 83.6 Å². The molecule has 1 heterocycles. The Hall–Kier alpha value is -3.10. The van der Waals surface area contributed by atoms with Gasteiger partial charge in [-0.1, -0.05) is 23.7 Å². The molecule has 3 aromatic carbocycles. The summed E-state index contributed by atoms with van der Waals surface area (Å²) in [4.78, 5) is 12.8. The van der Waals surface area contributed by atoms with Gasteiger partial charge >= 0.3 is 0 Å². The van der Waals surface area contributed by atoms with Crippen LogP contribution in [0.5, 0.6) is 5.75 Å². The Kier molecular flexibility index (Phi) is 5.36. The fourth-order valence-corrected chi connectivity index (χ4v) is 4.66. The molecule has 1 atom stereocenters. The van der Waals surface area contributed by atoms with Gasteiger partial charge in [0, 0.05) is 10.7 Å². The van der Waals surface area contributed by atoms with Gasteiger partial charge in [0.2, 0.25) is 0 Å². The number of carbonyl (C=O) groups excluding carboxylic acids is 1. The molecule has 1 aliphatic rings. The van der Waals surface area contributed by atoms with Crippen LogP contribution in [0.1, 0.15) is 0 Å². The number of nitrogens with one attached hydrogen (secondary N) is 1. The summed E-state index contributed by atoms with van der Waals surface area (Å²) < 4.78 is 46.6. The van der Waals surface area contributed by atoms with Crippen molar-refractivity contribution < 1.29 is 22.3 Å². The maximum absolute atomic E-state index is 13.3. The smallest absolute Gasteiger partial charge is 0.267 e. The first kappa shape index (κ1) is 20.2. The van der Waals surface area contributed by atoms with Crippen LogP contribution in [0.15, 0.2) is 77.7 Å². The molecular weight excluding hydrogens is 431 g/mol. The van der Waals surface area contributed by atoms with E-state index in [9.17, 15) is 17.6 Å². The minimum atomic E-state index is -3.97. The van der Waals surface area contributed by atoms with E-state index in [4.69, 9.17) is 16.3 Å². The second kappa shape index (κ2) is 7.97. The lowest BCUT2D eigenvalue weighted by Gasteiger charge is -2.34. The monoisotopic (exact) mass is 446 g/mol. The topological polar surface area (TPSA) is 75.7 Å². The Morgan fingerprint density at radius 1 is 1.03 bits per heavy atom. The number of anilines is 2. The van der Waals surface area contributed by atoms with E-state index in [1.54, 1.807) is 24.3 Å². The zero-order valence-electron chi connectivity index (χ0n) is 15.5. The molecule has 3 aromatic rings. The quantitative estimate of drug-likeness (QED) is 0.655. The molecule has 1 amide bonds. The molecule has 1 aliphatic heterocycles. The second-order valence-corrected chi connectivity index (χ2v) is 8.86. The summed E-state index contributed by atoms with van der Waals surface area (Å²) in [7, 11) is -3.97. The average molecular weight is 447 g/mol. The van der Waals surface area contributed by atoms with Gasteiger partial charge in [0.15, 0.2) is 6.10 Å². The number of amides is 1. The first-order chi connectivity index (χ1) is 14.3. The number of nitrogens with zero attached hydrogens (tertiary/aromatic N) is 1. The normalized spacial score (nSPS) is 15.8. The molecule has 0 aliphatic carbocycles. The van der Waals surface area contributed by atoms with Crippen molar-refractivity contribution in [1.29, 1.82) is 0 Å². The molecule has 0 radical (unpaired) electrons. The highest BCUT2D eigenvalue weighted by atomic mass is 35.5. The number of hydrogen-bond acceptors (Lipinski definition) is 4. The van der Waals surface area contributed by atoms with Crippen LogP contribution in [-0.4, -0.2) is 27.0 Å². The van der Waals surface area contributed by atoms with Gasteiger partial charge in [0.05, 0.1) is 17.1 Å². The molecule has 0 spiro atoms. The Bertz CT molecular complexity index is 1180. The molecule has 6 nitrogen and oxygen atoms in total. The number of benzene rings is 3. The Labute approximate surface area is 177 Å². The Morgan fingerprint density at radius 2 is 1.70 bits per heavy atom. The van der Waals surface area contributed by atoms with Crippen LogP contribution in [0.25, 0.3) is 0 Å². The second-order valence-electron chi connectivity index (χ2n) is 6.56. The Morgan fingerprint density at radius 3 is 2.40 bits per heavy atom. The fourth-order valence-electron chi connectivity index (χ4n) is 3.06. The number of carbonyl (C=O) groups is 1. The van der Waals surface area contributed by atoms with Crippen LogP contribution in [0.4, 0.5) is 15.8 Å². The largest absolute Gasteiger partial charge is 0.476 e. The summed E-state index contributed by atoms with van der Waals surface area (Å²) in [5, 5.41) is 3.03. The van der Waals surface area contributed by atoms with E-state index in [0.29, 0.717) is 16.4 Å². The van der Waals surface area contributed by atoms with Gasteiger partial charge in [-0.2, -0.15) is 0 Å². The van der Waals surface area contributed by atoms with Gasteiger partial charge in [-0.25, -0.2) is 12.8 Å². The van der Waals surface area contributed by atoms with Crippen LogP contribution < -0.4 is 14.4 Å². The van der Waals surface area contributed by atoms with E-state index in [-0.39, 0.29) is 17.2 Å². The van der Waals surface area contributed by atoms with E-state index in [1.165, 1.54) is 48.5 Å². The highest BCUT2D eigenvalue weighted by Gasteiger charge is 2.37. The maximum atomic E-state index is 13.3. The van der Waals surface area contributed by atoms with Crippen molar-refractivity contribution in [2.45, 2.75) is 11.0 Å². The van der Waals surface area contributed by atoms with Crippen LogP contribution in [0, 0.1) is 5.82 Å². The van der Waals surface area contributed by atoms with Crippen molar-refractivity contribution >= 4 is 38.9 Å². The van der Waals surface area contributed by atoms with Crippen molar-refractivity contribution in [1.82, 2.24) is 0 Å². The molecule has 0 aromatic heterocycles. The predicted octanol–water partition coefficient (Wildman–Crippen LogP) is 4.07. The number of fused-ring (bicyclic) bond motifs is 1. The zero-order valence-corrected chi connectivity index (χ0v) is 17.0. The van der Waals surface area contributed by atoms with Gasteiger partial charge in [0.1, 0.15) is 11.6 Å². The van der Waals surface area contributed by atoms with Gasteiger partial charge in [-0.3, -0.25) is 9.10 Å². The highest BCUT2D eigenvalue weighted by Crippen LogP contribution is 2.37. The predicted molar refractivity (Wildman–Crippen MR) is 112 cm³/mol. The molecule has 0 fully saturated rings. The highest BCUT2D eigenvalue weighted by molar-refractivity contribution is 7.92. The third-order valence-electron chi connectivity index (χ3n) is 4.54. The molecule has 30 heavy (non-hydrogen) atoms. The van der Waals surface area contributed by atoms with Crippen LogP contribution in [0.3, 0.4) is 0 Å². The number of rotatable bonds is 4. The maximum Gasteiger partial charge on any atom is 0.267 e. The summed E-state index contributed by atoms with van der Waals surface area (Å²) in [6.45, 7) is -0.227. The number of hydrogen-bond donors (Lipinski definition) is 1. The molecule has 154 valence electrons. The molecule has 4 rings (SSSR count). The first-order valence-electron chi connectivity index (χ1n) is 8.95. The Balaban J connectivity index is 1.66. The molecular formula is C21H16ClFN2O4S. The first-order valence-corrected chi connectivity index (χ1v) is 10.8. The molecule has 0 bridgehead atoms. The summed E-state index contributed by atoms with van der Waals surface area (Å²) in [6, 6.07) is 17.6. The SMILES string of the molecule is O=C(Nc1ccc(F)cc1)C1CN(S(=O)(=O)c2ccc(Cl)cc2)c2ccccc2O1.